The van der Waals surface area contributed by atoms with Crippen LogP contribution in [0.1, 0.15) is 12.0 Å². The van der Waals surface area contributed by atoms with E-state index in [2.05, 4.69) is 10.2 Å². The summed E-state index contributed by atoms with van der Waals surface area (Å²) in [6.07, 6.45) is 3.70. The molecule has 2 aromatic rings. The lowest BCUT2D eigenvalue weighted by molar-refractivity contribution is -0.384. The van der Waals surface area contributed by atoms with Gasteiger partial charge < -0.3 is 14.5 Å². The molecule has 0 bridgehead atoms. The summed E-state index contributed by atoms with van der Waals surface area (Å²) < 4.78 is 5.81. The average molecular weight is 383 g/mol. The highest BCUT2D eigenvalue weighted by molar-refractivity contribution is 5.92. The van der Waals surface area contributed by atoms with Crippen molar-refractivity contribution in [2.45, 2.75) is 12.5 Å². The molecule has 0 radical (unpaired) electrons. The number of rotatable bonds is 6. The van der Waals surface area contributed by atoms with Crippen LogP contribution in [-0.4, -0.2) is 59.2 Å². The van der Waals surface area contributed by atoms with Crippen LogP contribution >= 0.6 is 0 Å². The van der Waals surface area contributed by atoms with Crippen molar-refractivity contribution in [1.82, 2.24) is 15.1 Å². The molecular formula is C19H21N5O4. The molecule has 1 amide bonds. The summed E-state index contributed by atoms with van der Waals surface area (Å²) in [7, 11) is 3.77. The molecule has 2 heterocycles. The minimum atomic E-state index is -0.457. The molecule has 3 rings (SSSR count). The number of ether oxygens (including phenoxy) is 1. The lowest BCUT2D eigenvalue weighted by Gasteiger charge is -2.15. The Kier molecular flexibility index (Phi) is 5.83. The van der Waals surface area contributed by atoms with Crippen molar-refractivity contribution in [3.05, 3.63) is 58.2 Å². The van der Waals surface area contributed by atoms with Crippen molar-refractivity contribution >= 4 is 23.5 Å². The van der Waals surface area contributed by atoms with Gasteiger partial charge in [-0.2, -0.15) is 0 Å². The highest BCUT2D eigenvalue weighted by Crippen LogP contribution is 2.18. The molecule has 1 aromatic carbocycles. The van der Waals surface area contributed by atoms with Gasteiger partial charge >= 0.3 is 0 Å². The molecule has 9 nitrogen and oxygen atoms in total. The maximum Gasteiger partial charge on any atom is 0.269 e. The van der Waals surface area contributed by atoms with E-state index in [1.165, 1.54) is 18.2 Å². The first-order chi connectivity index (χ1) is 13.4. The fraction of sp³-hybridized carbons (Fsp3) is 0.316. The molecule has 0 aliphatic carbocycles. The van der Waals surface area contributed by atoms with Gasteiger partial charge in [0.2, 0.25) is 11.8 Å². The fourth-order valence-corrected chi connectivity index (χ4v) is 2.79. The highest BCUT2D eigenvalue weighted by atomic mass is 16.6. The summed E-state index contributed by atoms with van der Waals surface area (Å²) in [5.41, 5.74) is 0.743. The van der Waals surface area contributed by atoms with Crippen LogP contribution in [0.4, 0.5) is 11.5 Å². The number of benzene rings is 1. The summed E-state index contributed by atoms with van der Waals surface area (Å²) in [5.74, 6) is 1.05. The molecule has 1 atom stereocenters. The number of hydrogen-bond donors (Lipinski definition) is 0. The summed E-state index contributed by atoms with van der Waals surface area (Å²) in [6, 6.07) is 9.62. The van der Waals surface area contributed by atoms with Gasteiger partial charge in [-0.15, -0.1) is 10.2 Å². The van der Waals surface area contributed by atoms with Crippen LogP contribution in [0.3, 0.4) is 0 Å². The number of aromatic nitrogens is 2. The van der Waals surface area contributed by atoms with E-state index in [0.29, 0.717) is 25.4 Å². The second-order valence-corrected chi connectivity index (χ2v) is 6.62. The zero-order valence-electron chi connectivity index (χ0n) is 15.7. The molecule has 0 saturated carbocycles. The molecule has 0 spiro atoms. The third kappa shape index (κ3) is 4.81. The third-order valence-electron chi connectivity index (χ3n) is 4.35. The van der Waals surface area contributed by atoms with E-state index in [4.69, 9.17) is 4.74 Å². The molecule has 1 unspecified atom stereocenters. The highest BCUT2D eigenvalue weighted by Gasteiger charge is 2.26. The molecule has 1 aliphatic rings. The maximum atomic E-state index is 12.4. The van der Waals surface area contributed by atoms with Gasteiger partial charge in [0.25, 0.3) is 5.69 Å². The Balaban J connectivity index is 1.52. The largest absolute Gasteiger partial charge is 0.471 e. The first kappa shape index (κ1) is 19.3. The van der Waals surface area contributed by atoms with E-state index in [1.807, 2.05) is 25.1 Å². The van der Waals surface area contributed by atoms with Gasteiger partial charge in [0.1, 0.15) is 6.10 Å². The van der Waals surface area contributed by atoms with E-state index in [0.717, 1.165) is 11.4 Å². The number of amides is 1. The van der Waals surface area contributed by atoms with Gasteiger partial charge in [-0.05, 0) is 29.8 Å². The van der Waals surface area contributed by atoms with Gasteiger partial charge in [0.05, 0.1) is 11.5 Å². The molecule has 1 aromatic heterocycles. The molecule has 1 fully saturated rings. The Morgan fingerprint density at radius 1 is 1.25 bits per heavy atom. The van der Waals surface area contributed by atoms with Crippen LogP contribution in [-0.2, 0) is 4.79 Å². The van der Waals surface area contributed by atoms with Crippen molar-refractivity contribution in [2.24, 2.45) is 0 Å². The minimum Gasteiger partial charge on any atom is -0.471 e. The van der Waals surface area contributed by atoms with Crippen LogP contribution in [0.25, 0.3) is 6.08 Å². The van der Waals surface area contributed by atoms with Crippen LogP contribution in [0.5, 0.6) is 5.88 Å². The predicted molar refractivity (Wildman–Crippen MR) is 104 cm³/mol. The number of carbonyl (C=O) groups is 1. The van der Waals surface area contributed by atoms with Gasteiger partial charge in [-0.3, -0.25) is 14.9 Å². The van der Waals surface area contributed by atoms with E-state index < -0.39 is 4.92 Å². The third-order valence-corrected chi connectivity index (χ3v) is 4.35. The van der Waals surface area contributed by atoms with Crippen LogP contribution in [0, 0.1) is 10.1 Å². The zero-order valence-corrected chi connectivity index (χ0v) is 15.7. The van der Waals surface area contributed by atoms with Crippen molar-refractivity contribution in [2.75, 3.05) is 32.1 Å². The lowest BCUT2D eigenvalue weighted by atomic mass is 10.2. The number of nitro groups is 1. The number of nitro benzene ring substituents is 1. The fourth-order valence-electron chi connectivity index (χ4n) is 2.79. The topological polar surface area (TPSA) is 102 Å². The van der Waals surface area contributed by atoms with E-state index in [-0.39, 0.29) is 17.7 Å². The quantitative estimate of drug-likeness (QED) is 0.428. The van der Waals surface area contributed by atoms with Crippen molar-refractivity contribution in [3.63, 3.8) is 0 Å². The van der Waals surface area contributed by atoms with Gasteiger partial charge in [0.15, 0.2) is 5.82 Å². The van der Waals surface area contributed by atoms with Crippen molar-refractivity contribution in [3.8, 4) is 5.88 Å². The number of carbonyl (C=O) groups excluding carboxylic acids is 1. The molecule has 146 valence electrons. The molecule has 9 heteroatoms. The lowest BCUT2D eigenvalue weighted by Crippen LogP contribution is -2.29. The Morgan fingerprint density at radius 2 is 2.00 bits per heavy atom. The van der Waals surface area contributed by atoms with Crippen LogP contribution in [0.15, 0.2) is 42.5 Å². The standard InChI is InChI=1S/C19H21N5O4/c1-22(2)17-8-9-18(21-20-17)28-16-11-12-23(13-16)19(25)10-5-14-3-6-15(7-4-14)24(26)27/h3-10,16H,11-13H2,1-2H3/b10-5+. The molecule has 1 saturated heterocycles. The first-order valence-corrected chi connectivity index (χ1v) is 8.81. The van der Waals surface area contributed by atoms with Crippen molar-refractivity contribution < 1.29 is 14.5 Å². The maximum absolute atomic E-state index is 12.4. The number of likely N-dealkylation sites (tertiary alicyclic amines) is 1. The second-order valence-electron chi connectivity index (χ2n) is 6.62. The van der Waals surface area contributed by atoms with Gasteiger partial charge in [-0.1, -0.05) is 0 Å². The Bertz CT molecular complexity index is 865. The SMILES string of the molecule is CN(C)c1ccc(OC2CCN(C(=O)/C=C/c3ccc([N+](=O)[O-])cc3)C2)nn1. The van der Waals surface area contributed by atoms with E-state index >= 15 is 0 Å². The first-order valence-electron chi connectivity index (χ1n) is 8.81. The smallest absolute Gasteiger partial charge is 0.269 e. The van der Waals surface area contributed by atoms with Gasteiger partial charge in [-0.25, -0.2) is 0 Å². The molecular weight excluding hydrogens is 362 g/mol. The van der Waals surface area contributed by atoms with E-state index in [9.17, 15) is 14.9 Å². The summed E-state index contributed by atoms with van der Waals surface area (Å²) in [5, 5.41) is 18.8. The normalized spacial score (nSPS) is 16.4. The summed E-state index contributed by atoms with van der Waals surface area (Å²) >= 11 is 0. The second kappa shape index (κ2) is 8.47. The van der Waals surface area contributed by atoms with Crippen LogP contribution < -0.4 is 9.64 Å². The number of anilines is 1. The minimum absolute atomic E-state index is 0.0183. The summed E-state index contributed by atoms with van der Waals surface area (Å²) in [6.45, 7) is 1.07. The monoisotopic (exact) mass is 383 g/mol. The van der Waals surface area contributed by atoms with Crippen LogP contribution in [0.2, 0.25) is 0 Å². The number of non-ortho nitro benzene ring substituents is 1. The van der Waals surface area contributed by atoms with Gasteiger partial charge in [0, 0.05) is 51.3 Å². The summed E-state index contributed by atoms with van der Waals surface area (Å²) in [4.78, 5) is 26.1. The Morgan fingerprint density at radius 3 is 2.61 bits per heavy atom. The average Bonchev–Trinajstić information content (AvgIpc) is 3.15. The molecule has 0 N–H and O–H groups in total. The molecule has 1 aliphatic heterocycles. The van der Waals surface area contributed by atoms with E-state index in [1.54, 1.807) is 29.2 Å². The zero-order chi connectivity index (χ0) is 20.1. The Hall–Kier alpha value is -3.49. The van der Waals surface area contributed by atoms with Crippen molar-refractivity contribution in [1.29, 1.82) is 0 Å². The number of nitrogens with zero attached hydrogens (tertiary/aromatic N) is 5. The number of hydrogen-bond acceptors (Lipinski definition) is 7. The molecule has 28 heavy (non-hydrogen) atoms. The predicted octanol–water partition coefficient (Wildman–Crippen LogP) is 2.14. The Labute approximate surface area is 162 Å².